The largest absolute Gasteiger partial charge is 0.480 e. The molecule has 0 spiro atoms. The van der Waals surface area contributed by atoms with Crippen LogP contribution in [0.2, 0.25) is 0 Å². The quantitative estimate of drug-likeness (QED) is 0.534. The molecule has 0 aromatic rings. The molecule has 0 saturated carbocycles. The zero-order valence-corrected chi connectivity index (χ0v) is 11.1. The summed E-state index contributed by atoms with van der Waals surface area (Å²) in [5.74, 6) is -1.41. The average molecular weight is 262 g/mol. The lowest BCUT2D eigenvalue weighted by Crippen LogP contribution is -2.49. The Bertz CT molecular complexity index is 252. The van der Waals surface area contributed by atoms with Gasteiger partial charge < -0.3 is 19.9 Å². The SMILES string of the molecule is COCCN(CCOC)CC(NC(C)=O)C(=O)O. The number of carboxylic acids is 1. The summed E-state index contributed by atoms with van der Waals surface area (Å²) in [4.78, 5) is 23.8. The van der Waals surface area contributed by atoms with E-state index in [9.17, 15) is 9.59 Å². The summed E-state index contributed by atoms with van der Waals surface area (Å²) in [5.41, 5.74) is 0. The van der Waals surface area contributed by atoms with E-state index in [1.165, 1.54) is 6.92 Å². The minimum absolute atomic E-state index is 0.224. The molecule has 106 valence electrons. The highest BCUT2D eigenvalue weighted by atomic mass is 16.5. The zero-order chi connectivity index (χ0) is 14.0. The Kier molecular flexibility index (Phi) is 9.17. The molecule has 0 bridgehead atoms. The van der Waals surface area contributed by atoms with Crippen LogP contribution in [0.25, 0.3) is 0 Å². The number of nitrogens with zero attached hydrogens (tertiary/aromatic N) is 1. The van der Waals surface area contributed by atoms with Crippen LogP contribution in [0.15, 0.2) is 0 Å². The van der Waals surface area contributed by atoms with Crippen molar-refractivity contribution in [2.24, 2.45) is 0 Å². The predicted octanol–water partition coefficient (Wildman–Crippen LogP) is -0.829. The Morgan fingerprint density at radius 1 is 1.22 bits per heavy atom. The van der Waals surface area contributed by atoms with Gasteiger partial charge in [0.25, 0.3) is 0 Å². The molecule has 2 N–H and O–H groups in total. The number of hydrogen-bond acceptors (Lipinski definition) is 5. The molecule has 18 heavy (non-hydrogen) atoms. The van der Waals surface area contributed by atoms with E-state index < -0.39 is 12.0 Å². The van der Waals surface area contributed by atoms with E-state index in [0.29, 0.717) is 26.3 Å². The van der Waals surface area contributed by atoms with Crippen molar-refractivity contribution in [3.63, 3.8) is 0 Å². The third-order valence-corrected chi connectivity index (χ3v) is 2.34. The minimum atomic E-state index is -1.05. The Balaban J connectivity index is 4.37. The number of carboxylic acid groups (broad SMARTS) is 1. The maximum absolute atomic E-state index is 11.0. The molecule has 1 amide bonds. The van der Waals surface area contributed by atoms with Crippen LogP contribution in [0.4, 0.5) is 0 Å². The molecule has 0 aromatic heterocycles. The van der Waals surface area contributed by atoms with Crippen molar-refractivity contribution in [2.75, 3.05) is 47.1 Å². The second kappa shape index (κ2) is 9.81. The summed E-state index contributed by atoms with van der Waals surface area (Å²) in [6.07, 6.45) is 0. The van der Waals surface area contributed by atoms with Gasteiger partial charge in [-0.2, -0.15) is 0 Å². The second-order valence-corrected chi connectivity index (χ2v) is 3.88. The molecule has 0 aliphatic carbocycles. The van der Waals surface area contributed by atoms with E-state index in [2.05, 4.69) is 5.32 Å². The van der Waals surface area contributed by atoms with Gasteiger partial charge in [-0.1, -0.05) is 0 Å². The van der Waals surface area contributed by atoms with Crippen molar-refractivity contribution in [2.45, 2.75) is 13.0 Å². The van der Waals surface area contributed by atoms with Crippen molar-refractivity contribution in [1.82, 2.24) is 10.2 Å². The van der Waals surface area contributed by atoms with Crippen LogP contribution in [0.1, 0.15) is 6.92 Å². The maximum atomic E-state index is 11.0. The zero-order valence-electron chi connectivity index (χ0n) is 11.1. The Hall–Kier alpha value is -1.18. The molecule has 7 heteroatoms. The predicted molar refractivity (Wildman–Crippen MR) is 65.4 cm³/mol. The number of rotatable bonds is 10. The number of methoxy groups -OCH3 is 2. The lowest BCUT2D eigenvalue weighted by atomic mass is 10.2. The lowest BCUT2D eigenvalue weighted by molar-refractivity contribution is -0.142. The molecule has 0 fully saturated rings. The Labute approximate surface area is 107 Å². The summed E-state index contributed by atoms with van der Waals surface area (Å²) in [6.45, 7) is 3.69. The Morgan fingerprint density at radius 2 is 1.72 bits per heavy atom. The van der Waals surface area contributed by atoms with Gasteiger partial charge in [0.1, 0.15) is 6.04 Å². The number of aliphatic carboxylic acids is 1. The first-order chi connectivity index (χ1) is 8.51. The standard InChI is InChI=1S/C11H22N2O5/c1-9(14)12-10(11(15)16)8-13(4-6-17-2)5-7-18-3/h10H,4-8H2,1-3H3,(H,12,14)(H,15,16). The van der Waals surface area contributed by atoms with Gasteiger partial charge in [-0.15, -0.1) is 0 Å². The number of carbonyl (C=O) groups is 2. The van der Waals surface area contributed by atoms with E-state index in [1.54, 1.807) is 14.2 Å². The van der Waals surface area contributed by atoms with Crippen molar-refractivity contribution in [3.8, 4) is 0 Å². The topological polar surface area (TPSA) is 88.1 Å². The molecule has 0 heterocycles. The fourth-order valence-corrected chi connectivity index (χ4v) is 1.42. The van der Waals surface area contributed by atoms with E-state index in [-0.39, 0.29) is 12.5 Å². The van der Waals surface area contributed by atoms with E-state index in [1.807, 2.05) is 4.90 Å². The maximum Gasteiger partial charge on any atom is 0.327 e. The average Bonchev–Trinajstić information content (AvgIpc) is 2.30. The van der Waals surface area contributed by atoms with E-state index >= 15 is 0 Å². The molecule has 7 nitrogen and oxygen atoms in total. The number of amides is 1. The van der Waals surface area contributed by atoms with Crippen LogP contribution in [0.3, 0.4) is 0 Å². The normalized spacial score (nSPS) is 12.4. The summed E-state index contributed by atoms with van der Waals surface area (Å²) < 4.78 is 9.92. The molecule has 0 aliphatic heterocycles. The summed E-state index contributed by atoms with van der Waals surface area (Å²) in [6, 6.07) is -0.920. The van der Waals surface area contributed by atoms with Gasteiger partial charge >= 0.3 is 5.97 Å². The molecule has 0 rings (SSSR count). The van der Waals surface area contributed by atoms with Gasteiger partial charge in [-0.25, -0.2) is 4.79 Å². The number of carbonyl (C=O) groups excluding carboxylic acids is 1. The van der Waals surface area contributed by atoms with Crippen molar-refractivity contribution < 1.29 is 24.2 Å². The smallest absolute Gasteiger partial charge is 0.327 e. The third kappa shape index (κ3) is 7.99. The van der Waals surface area contributed by atoms with Gasteiger partial charge in [-0.05, 0) is 0 Å². The van der Waals surface area contributed by atoms with Crippen LogP contribution in [-0.2, 0) is 19.1 Å². The molecule has 0 radical (unpaired) electrons. The molecular weight excluding hydrogens is 240 g/mol. The summed E-state index contributed by atoms with van der Waals surface area (Å²) >= 11 is 0. The first-order valence-corrected chi connectivity index (χ1v) is 5.71. The number of ether oxygens (including phenoxy) is 2. The molecule has 1 unspecified atom stereocenters. The van der Waals surface area contributed by atoms with Gasteiger partial charge in [0.05, 0.1) is 13.2 Å². The summed E-state index contributed by atoms with van der Waals surface area (Å²) in [7, 11) is 3.16. The van der Waals surface area contributed by atoms with Gasteiger partial charge in [0.15, 0.2) is 0 Å². The monoisotopic (exact) mass is 262 g/mol. The van der Waals surface area contributed by atoms with Crippen molar-refractivity contribution in [1.29, 1.82) is 0 Å². The highest BCUT2D eigenvalue weighted by Gasteiger charge is 2.21. The van der Waals surface area contributed by atoms with Crippen LogP contribution >= 0.6 is 0 Å². The highest BCUT2D eigenvalue weighted by Crippen LogP contribution is 1.95. The molecule has 0 aromatic carbocycles. The number of hydrogen-bond donors (Lipinski definition) is 2. The van der Waals surface area contributed by atoms with Gasteiger partial charge in [0, 0.05) is 40.8 Å². The van der Waals surface area contributed by atoms with Crippen LogP contribution in [-0.4, -0.2) is 75.0 Å². The van der Waals surface area contributed by atoms with E-state index in [4.69, 9.17) is 14.6 Å². The molecule has 0 saturated heterocycles. The molecule has 1 atom stereocenters. The second-order valence-electron chi connectivity index (χ2n) is 3.88. The first-order valence-electron chi connectivity index (χ1n) is 5.71. The van der Waals surface area contributed by atoms with Gasteiger partial charge in [-0.3, -0.25) is 9.69 Å². The molecule has 0 aliphatic rings. The third-order valence-electron chi connectivity index (χ3n) is 2.34. The van der Waals surface area contributed by atoms with Crippen LogP contribution in [0, 0.1) is 0 Å². The van der Waals surface area contributed by atoms with Crippen molar-refractivity contribution in [3.05, 3.63) is 0 Å². The molecular formula is C11H22N2O5. The fourth-order valence-electron chi connectivity index (χ4n) is 1.42. The van der Waals surface area contributed by atoms with Crippen LogP contribution in [0.5, 0.6) is 0 Å². The van der Waals surface area contributed by atoms with Crippen LogP contribution < -0.4 is 5.32 Å². The highest BCUT2D eigenvalue weighted by molar-refractivity contribution is 5.82. The summed E-state index contributed by atoms with van der Waals surface area (Å²) in [5, 5.41) is 11.4. The first kappa shape index (κ1) is 16.8. The number of nitrogens with one attached hydrogen (secondary N) is 1. The van der Waals surface area contributed by atoms with E-state index in [0.717, 1.165) is 0 Å². The lowest BCUT2D eigenvalue weighted by Gasteiger charge is -2.25. The fraction of sp³-hybridized carbons (Fsp3) is 0.818. The minimum Gasteiger partial charge on any atom is -0.480 e. The Morgan fingerprint density at radius 3 is 2.06 bits per heavy atom. The van der Waals surface area contributed by atoms with Gasteiger partial charge in [0.2, 0.25) is 5.91 Å². The van der Waals surface area contributed by atoms with Crippen molar-refractivity contribution >= 4 is 11.9 Å².